The van der Waals surface area contributed by atoms with Gasteiger partial charge in [0.2, 0.25) is 5.91 Å². The van der Waals surface area contributed by atoms with Gasteiger partial charge in [0.05, 0.1) is 5.69 Å². The van der Waals surface area contributed by atoms with Gasteiger partial charge in [-0.1, -0.05) is 25.1 Å². The second-order valence-electron chi connectivity index (χ2n) is 6.71. The van der Waals surface area contributed by atoms with E-state index in [0.29, 0.717) is 17.0 Å². The number of hydrogen-bond donors (Lipinski definition) is 1. The van der Waals surface area contributed by atoms with E-state index in [9.17, 15) is 14.4 Å². The topological polar surface area (TPSA) is 79.0 Å². The normalized spacial score (nSPS) is 12.8. The number of rotatable bonds is 5. The number of benzene rings is 2. The minimum absolute atomic E-state index is 0.146. The Hall–Kier alpha value is -3.35. The van der Waals surface area contributed by atoms with Gasteiger partial charge in [0, 0.05) is 25.3 Å². The van der Waals surface area contributed by atoms with E-state index < -0.39 is 0 Å². The van der Waals surface area contributed by atoms with Crippen LogP contribution in [0.1, 0.15) is 22.8 Å². The molecule has 28 heavy (non-hydrogen) atoms. The smallest absolute Gasteiger partial charge is 0.265 e. The number of amides is 3. The zero-order valence-corrected chi connectivity index (χ0v) is 16.2. The maximum Gasteiger partial charge on any atom is 0.265 e. The summed E-state index contributed by atoms with van der Waals surface area (Å²) in [6.45, 7) is 1.70. The van der Waals surface area contributed by atoms with Crippen molar-refractivity contribution in [2.75, 3.05) is 37.5 Å². The fourth-order valence-electron chi connectivity index (χ4n) is 3.05. The molecular formula is C21H23N3O4. The number of fused-ring (bicyclic) bond motifs is 1. The molecule has 2 aromatic carbocycles. The molecule has 7 heteroatoms. The molecule has 0 unspecified atom stereocenters. The molecule has 0 saturated carbocycles. The van der Waals surface area contributed by atoms with Crippen LogP contribution in [0.25, 0.3) is 0 Å². The van der Waals surface area contributed by atoms with E-state index in [1.807, 2.05) is 31.2 Å². The molecule has 0 saturated heterocycles. The second-order valence-corrected chi connectivity index (χ2v) is 6.71. The maximum absolute atomic E-state index is 12.6. The van der Waals surface area contributed by atoms with Gasteiger partial charge in [0.15, 0.2) is 6.61 Å². The Morgan fingerprint density at radius 1 is 1.18 bits per heavy atom. The number of carbonyl (C=O) groups is 3. The quantitative estimate of drug-likeness (QED) is 0.862. The summed E-state index contributed by atoms with van der Waals surface area (Å²) < 4.78 is 5.45. The average molecular weight is 381 g/mol. The molecule has 0 atom stereocenters. The van der Waals surface area contributed by atoms with Crippen molar-refractivity contribution in [1.29, 1.82) is 0 Å². The van der Waals surface area contributed by atoms with Crippen molar-refractivity contribution in [3.8, 4) is 5.75 Å². The van der Waals surface area contributed by atoms with Crippen LogP contribution in [0.2, 0.25) is 0 Å². The van der Waals surface area contributed by atoms with Gasteiger partial charge in [-0.2, -0.15) is 0 Å². The van der Waals surface area contributed by atoms with E-state index in [2.05, 4.69) is 5.32 Å². The van der Waals surface area contributed by atoms with Gasteiger partial charge in [-0.3, -0.25) is 19.3 Å². The van der Waals surface area contributed by atoms with Gasteiger partial charge in [0.1, 0.15) is 12.3 Å². The number of aryl methyl sites for hydroxylation is 1. The third-order valence-electron chi connectivity index (χ3n) is 4.53. The number of anilines is 2. The van der Waals surface area contributed by atoms with E-state index in [-0.39, 0.29) is 30.9 Å². The summed E-state index contributed by atoms with van der Waals surface area (Å²) in [6, 6.07) is 12.4. The summed E-state index contributed by atoms with van der Waals surface area (Å²) in [6.07, 6.45) is 0.784. The fourth-order valence-corrected chi connectivity index (χ4v) is 3.05. The highest BCUT2D eigenvalue weighted by atomic mass is 16.5. The lowest BCUT2D eigenvalue weighted by Crippen LogP contribution is -2.43. The van der Waals surface area contributed by atoms with Crippen molar-refractivity contribution in [1.82, 2.24) is 4.90 Å². The van der Waals surface area contributed by atoms with Gasteiger partial charge in [-0.15, -0.1) is 0 Å². The van der Waals surface area contributed by atoms with Crippen molar-refractivity contribution in [3.63, 3.8) is 0 Å². The molecule has 7 nitrogen and oxygen atoms in total. The van der Waals surface area contributed by atoms with E-state index in [1.165, 1.54) is 9.80 Å². The third-order valence-corrected chi connectivity index (χ3v) is 4.53. The molecular weight excluding hydrogens is 358 g/mol. The van der Waals surface area contributed by atoms with Crippen LogP contribution in [-0.4, -0.2) is 49.9 Å². The van der Waals surface area contributed by atoms with Crippen LogP contribution >= 0.6 is 0 Å². The van der Waals surface area contributed by atoms with Crippen molar-refractivity contribution >= 4 is 29.1 Å². The lowest BCUT2D eigenvalue weighted by molar-refractivity contribution is -0.123. The average Bonchev–Trinajstić information content (AvgIpc) is 2.69. The molecule has 3 amide bonds. The van der Waals surface area contributed by atoms with Crippen molar-refractivity contribution in [2.24, 2.45) is 0 Å². The zero-order chi connectivity index (χ0) is 20.3. The molecule has 0 aliphatic carbocycles. The third kappa shape index (κ3) is 3.98. The number of hydrogen-bond acceptors (Lipinski definition) is 4. The first-order chi connectivity index (χ1) is 13.4. The minimum Gasteiger partial charge on any atom is -0.482 e. The highest BCUT2D eigenvalue weighted by molar-refractivity contribution is 6.06. The monoisotopic (exact) mass is 381 g/mol. The van der Waals surface area contributed by atoms with Crippen molar-refractivity contribution < 1.29 is 19.1 Å². The number of carbonyl (C=O) groups excluding carboxylic acids is 3. The van der Waals surface area contributed by atoms with Crippen LogP contribution in [0.4, 0.5) is 11.4 Å². The van der Waals surface area contributed by atoms with Crippen LogP contribution in [0.5, 0.6) is 5.75 Å². The Labute approximate surface area is 163 Å². The minimum atomic E-state index is -0.333. The van der Waals surface area contributed by atoms with Crippen LogP contribution in [-0.2, 0) is 16.0 Å². The molecule has 2 aromatic rings. The molecule has 0 spiro atoms. The van der Waals surface area contributed by atoms with E-state index in [4.69, 9.17) is 4.74 Å². The van der Waals surface area contributed by atoms with Crippen molar-refractivity contribution in [3.05, 3.63) is 53.6 Å². The van der Waals surface area contributed by atoms with Gasteiger partial charge in [-0.05, 0) is 36.2 Å². The molecule has 0 aromatic heterocycles. The maximum atomic E-state index is 12.6. The number of nitrogens with zero attached hydrogens (tertiary/aromatic N) is 2. The number of ether oxygens (including phenoxy) is 1. The van der Waals surface area contributed by atoms with Crippen LogP contribution in [0, 0.1) is 0 Å². The molecule has 1 N–H and O–H groups in total. The lowest BCUT2D eigenvalue weighted by Gasteiger charge is -2.29. The highest BCUT2D eigenvalue weighted by Crippen LogP contribution is 2.33. The molecule has 1 aliphatic rings. The summed E-state index contributed by atoms with van der Waals surface area (Å²) in [7, 11) is 3.31. The summed E-state index contributed by atoms with van der Waals surface area (Å²) in [5.74, 6) is -0.369. The first-order valence-electron chi connectivity index (χ1n) is 9.07. The van der Waals surface area contributed by atoms with E-state index in [1.54, 1.807) is 32.3 Å². The molecule has 0 fully saturated rings. The summed E-state index contributed by atoms with van der Waals surface area (Å²) in [5.41, 5.74) is 2.59. The largest absolute Gasteiger partial charge is 0.482 e. The number of nitrogens with one attached hydrogen (secondary N) is 1. The van der Waals surface area contributed by atoms with Crippen LogP contribution < -0.4 is 15.0 Å². The predicted octanol–water partition coefficient (Wildman–Crippen LogP) is 2.31. The Balaban J connectivity index is 1.84. The Kier molecular flexibility index (Phi) is 5.63. The lowest BCUT2D eigenvalue weighted by atomic mass is 10.1. The molecule has 0 radical (unpaired) electrons. The van der Waals surface area contributed by atoms with Gasteiger partial charge in [-0.25, -0.2) is 0 Å². The predicted molar refractivity (Wildman–Crippen MR) is 107 cm³/mol. The molecule has 1 heterocycles. The van der Waals surface area contributed by atoms with E-state index >= 15 is 0 Å². The Morgan fingerprint density at radius 2 is 1.93 bits per heavy atom. The van der Waals surface area contributed by atoms with Gasteiger partial charge in [0.25, 0.3) is 11.8 Å². The first kappa shape index (κ1) is 19.4. The molecule has 1 aliphatic heterocycles. The fraction of sp³-hybridized carbons (Fsp3) is 0.286. The highest BCUT2D eigenvalue weighted by Gasteiger charge is 2.28. The molecule has 146 valence electrons. The molecule has 0 bridgehead atoms. The Bertz CT molecular complexity index is 924. The SMILES string of the molecule is CCc1ccccc1NC(=O)CN1C(=O)COc2ccc(C(=O)N(C)C)cc21. The van der Waals surface area contributed by atoms with Crippen LogP contribution in [0.3, 0.4) is 0 Å². The van der Waals surface area contributed by atoms with Crippen LogP contribution in [0.15, 0.2) is 42.5 Å². The number of para-hydroxylation sites is 1. The summed E-state index contributed by atoms with van der Waals surface area (Å²) in [5, 5.41) is 2.87. The first-order valence-corrected chi connectivity index (χ1v) is 9.07. The van der Waals surface area contributed by atoms with Gasteiger partial charge >= 0.3 is 0 Å². The molecule has 3 rings (SSSR count). The van der Waals surface area contributed by atoms with Gasteiger partial charge < -0.3 is 15.0 Å². The second kappa shape index (κ2) is 8.12. The standard InChI is InChI=1S/C21H23N3O4/c1-4-14-7-5-6-8-16(14)22-19(25)12-24-17-11-15(21(27)23(2)3)9-10-18(17)28-13-20(24)26/h5-11H,4,12-13H2,1-3H3,(H,22,25). The Morgan fingerprint density at radius 3 is 2.64 bits per heavy atom. The summed E-state index contributed by atoms with van der Waals surface area (Å²) >= 11 is 0. The summed E-state index contributed by atoms with van der Waals surface area (Å²) in [4.78, 5) is 40.1. The van der Waals surface area contributed by atoms with Crippen molar-refractivity contribution in [2.45, 2.75) is 13.3 Å². The van der Waals surface area contributed by atoms with E-state index in [0.717, 1.165) is 17.7 Å². The zero-order valence-electron chi connectivity index (χ0n) is 16.2.